The third-order valence-electron chi connectivity index (χ3n) is 8.00. The number of carbonyl (C=O) groups is 2. The molecule has 4 aromatic heterocycles. The number of alkyl carbamates (subject to hydrolysis) is 1. The summed E-state index contributed by atoms with van der Waals surface area (Å²) in [4.78, 5) is 65.4. The molecule has 6 rings (SSSR count). The molecule has 1 aromatic carbocycles. The first-order valence-corrected chi connectivity index (χ1v) is 15.8. The van der Waals surface area contributed by atoms with Crippen molar-refractivity contribution in [2.45, 2.75) is 32.5 Å². The van der Waals surface area contributed by atoms with E-state index in [0.29, 0.717) is 65.9 Å². The summed E-state index contributed by atoms with van der Waals surface area (Å²) in [6, 6.07) is 16.5. The Morgan fingerprint density at radius 3 is 2.14 bits per heavy atom. The maximum atomic E-state index is 12.5. The number of nitrogens with zero attached hydrogens (tertiary/aromatic N) is 7. The van der Waals surface area contributed by atoms with Gasteiger partial charge in [-0.25, -0.2) is 14.8 Å². The number of aromatic nitrogens is 6. The normalized spacial score (nSPS) is 14.4. The number of rotatable bonds is 11. The minimum absolute atomic E-state index is 0.0436. The highest BCUT2D eigenvalue weighted by molar-refractivity contribution is 5.72. The number of benzene rings is 1. The van der Waals surface area contributed by atoms with E-state index in [1.807, 2.05) is 30.3 Å². The Morgan fingerprint density at radius 2 is 1.51 bits per heavy atom. The molecule has 15 heteroatoms. The topological polar surface area (TPSA) is 173 Å². The Bertz CT molecular complexity index is 2000. The molecule has 0 radical (unpaired) electrons. The van der Waals surface area contributed by atoms with Gasteiger partial charge in [0.15, 0.2) is 11.3 Å². The zero-order chi connectivity index (χ0) is 34.6. The fraction of sp³-hybridized carbons (Fsp3) is 0.353. The van der Waals surface area contributed by atoms with Gasteiger partial charge in [0, 0.05) is 38.3 Å². The van der Waals surface area contributed by atoms with Crippen LogP contribution < -0.4 is 25.9 Å². The first-order chi connectivity index (χ1) is 23.9. The standard InChI is InChI=1S/C24H29N5O4.C10H9N3O3/c1-32-21-10-9-20-23(27-21)29(22(30)15-25-20)13-12-28-11-5-8-19(16-28)14-26-24(31)33-17-18-6-3-2-4-7-18;1-16-8-3-2-7-10(12-8)13(4-5-14)9(15)6-11-7/h2-4,6-7,9-10,15,19H,5,8,11-14,16-17H2,1H3,(H,26,31);2-3,5-6H,4H2,1H3/t19-;/m0./s1. The Labute approximate surface area is 281 Å². The van der Waals surface area contributed by atoms with Crippen LogP contribution in [-0.2, 0) is 29.2 Å². The van der Waals surface area contributed by atoms with Gasteiger partial charge in [-0.2, -0.15) is 9.97 Å². The fourth-order valence-corrected chi connectivity index (χ4v) is 5.50. The van der Waals surface area contributed by atoms with Gasteiger partial charge in [0.2, 0.25) is 11.8 Å². The molecule has 5 aromatic rings. The van der Waals surface area contributed by atoms with Gasteiger partial charge in [-0.05, 0) is 43.0 Å². The van der Waals surface area contributed by atoms with E-state index in [2.05, 4.69) is 30.2 Å². The molecule has 15 nitrogen and oxygen atoms in total. The van der Waals surface area contributed by atoms with E-state index >= 15 is 0 Å². The molecule has 256 valence electrons. The minimum Gasteiger partial charge on any atom is -0.481 e. The molecule has 0 saturated carbocycles. The zero-order valence-electron chi connectivity index (χ0n) is 27.4. The Balaban J connectivity index is 0.000000244. The summed E-state index contributed by atoms with van der Waals surface area (Å²) in [7, 11) is 3.03. The Hall–Kier alpha value is -5.70. The summed E-state index contributed by atoms with van der Waals surface area (Å²) in [5, 5.41) is 2.89. The average Bonchev–Trinajstić information content (AvgIpc) is 3.14. The molecule has 49 heavy (non-hydrogen) atoms. The number of hydrogen-bond acceptors (Lipinski definition) is 12. The second-order valence-corrected chi connectivity index (χ2v) is 11.3. The molecule has 0 aliphatic carbocycles. The van der Waals surface area contributed by atoms with Crippen LogP contribution in [-0.4, -0.2) is 86.7 Å². The second-order valence-electron chi connectivity index (χ2n) is 11.3. The van der Waals surface area contributed by atoms with E-state index in [4.69, 9.17) is 14.2 Å². The van der Waals surface area contributed by atoms with Crippen LogP contribution in [0.3, 0.4) is 0 Å². The van der Waals surface area contributed by atoms with Crippen molar-refractivity contribution in [3.05, 3.63) is 93.3 Å². The number of nitrogens with one attached hydrogen (secondary N) is 1. The van der Waals surface area contributed by atoms with Crippen molar-refractivity contribution >= 4 is 34.7 Å². The average molecular weight is 671 g/mol. The highest BCUT2D eigenvalue weighted by atomic mass is 16.5. The molecule has 1 N–H and O–H groups in total. The predicted octanol–water partition coefficient (Wildman–Crippen LogP) is 2.44. The SMILES string of the molecule is COc1ccc2ncc(=O)n(CC=O)c2n1.COc1ccc2ncc(=O)n(CCN3CCC[C@@H](CNC(=O)OCc4ccccc4)C3)c2n1. The second kappa shape index (κ2) is 16.9. The van der Waals surface area contributed by atoms with Gasteiger partial charge in [0.1, 0.15) is 23.9 Å². The number of aldehydes is 1. The van der Waals surface area contributed by atoms with Crippen LogP contribution >= 0.6 is 0 Å². The van der Waals surface area contributed by atoms with E-state index in [-0.39, 0.29) is 24.3 Å². The Kier molecular flexibility index (Phi) is 12.0. The maximum absolute atomic E-state index is 12.5. The molecule has 1 aliphatic heterocycles. The molecule has 0 spiro atoms. The lowest BCUT2D eigenvalue weighted by Gasteiger charge is -2.32. The first-order valence-electron chi connectivity index (χ1n) is 15.8. The van der Waals surface area contributed by atoms with Gasteiger partial charge in [0.25, 0.3) is 11.1 Å². The van der Waals surface area contributed by atoms with Crippen LogP contribution in [0.5, 0.6) is 11.8 Å². The lowest BCUT2D eigenvalue weighted by Crippen LogP contribution is -2.42. The van der Waals surface area contributed by atoms with Crippen LogP contribution in [0.2, 0.25) is 0 Å². The van der Waals surface area contributed by atoms with E-state index in [1.165, 1.54) is 24.1 Å². The van der Waals surface area contributed by atoms with Crippen LogP contribution in [0, 0.1) is 5.92 Å². The van der Waals surface area contributed by atoms with E-state index < -0.39 is 6.09 Å². The van der Waals surface area contributed by atoms with Crippen molar-refractivity contribution in [1.29, 1.82) is 0 Å². The van der Waals surface area contributed by atoms with Crippen molar-refractivity contribution in [3.8, 4) is 11.8 Å². The molecule has 1 saturated heterocycles. The van der Waals surface area contributed by atoms with Gasteiger partial charge in [0.05, 0.1) is 33.2 Å². The number of fused-ring (bicyclic) bond motifs is 2. The summed E-state index contributed by atoms with van der Waals surface area (Å²) in [6.07, 6.45) is 4.84. The van der Waals surface area contributed by atoms with Crippen LogP contribution in [0.15, 0.2) is 76.6 Å². The minimum atomic E-state index is -0.397. The summed E-state index contributed by atoms with van der Waals surface area (Å²) in [5.41, 5.74) is 2.49. The van der Waals surface area contributed by atoms with Crippen molar-refractivity contribution in [2.24, 2.45) is 5.92 Å². The molecule has 0 unspecified atom stereocenters. The molecular formula is C34H38N8O7. The smallest absolute Gasteiger partial charge is 0.407 e. The third-order valence-corrected chi connectivity index (χ3v) is 8.00. The summed E-state index contributed by atoms with van der Waals surface area (Å²) in [5.74, 6) is 1.17. The summed E-state index contributed by atoms with van der Waals surface area (Å²) < 4.78 is 18.4. The maximum Gasteiger partial charge on any atom is 0.407 e. The highest BCUT2D eigenvalue weighted by Gasteiger charge is 2.21. The quantitative estimate of drug-likeness (QED) is 0.204. The van der Waals surface area contributed by atoms with E-state index in [1.54, 1.807) is 35.9 Å². The number of likely N-dealkylation sites (tertiary alicyclic amines) is 1. The van der Waals surface area contributed by atoms with Gasteiger partial charge < -0.3 is 29.2 Å². The monoisotopic (exact) mass is 670 g/mol. The van der Waals surface area contributed by atoms with E-state index in [9.17, 15) is 19.2 Å². The highest BCUT2D eigenvalue weighted by Crippen LogP contribution is 2.17. The van der Waals surface area contributed by atoms with Crippen LogP contribution in [0.1, 0.15) is 18.4 Å². The molecule has 0 bridgehead atoms. The molecule has 1 atom stereocenters. The van der Waals surface area contributed by atoms with Gasteiger partial charge >= 0.3 is 6.09 Å². The number of ether oxygens (including phenoxy) is 3. The number of piperidine rings is 1. The van der Waals surface area contributed by atoms with E-state index in [0.717, 1.165) is 31.5 Å². The fourth-order valence-electron chi connectivity index (χ4n) is 5.50. The van der Waals surface area contributed by atoms with Crippen molar-refractivity contribution in [1.82, 2.24) is 39.3 Å². The van der Waals surface area contributed by atoms with Crippen molar-refractivity contribution in [3.63, 3.8) is 0 Å². The number of amides is 1. The van der Waals surface area contributed by atoms with Crippen LogP contribution in [0.25, 0.3) is 22.3 Å². The predicted molar refractivity (Wildman–Crippen MR) is 181 cm³/mol. The number of hydrogen-bond donors (Lipinski definition) is 1. The van der Waals surface area contributed by atoms with Crippen molar-refractivity contribution in [2.75, 3.05) is 40.4 Å². The Morgan fingerprint density at radius 1 is 0.878 bits per heavy atom. The van der Waals surface area contributed by atoms with Crippen LogP contribution in [0.4, 0.5) is 4.79 Å². The van der Waals surface area contributed by atoms with Gasteiger partial charge in [-0.3, -0.25) is 18.7 Å². The molecular weight excluding hydrogens is 632 g/mol. The molecule has 1 fully saturated rings. The number of pyridine rings is 2. The van der Waals surface area contributed by atoms with Gasteiger partial charge in [-0.1, -0.05) is 30.3 Å². The zero-order valence-corrected chi connectivity index (χ0v) is 27.4. The third kappa shape index (κ3) is 9.22. The molecule has 5 heterocycles. The number of carbonyl (C=O) groups excluding carboxylic acids is 2. The molecule has 1 aliphatic rings. The first kappa shape index (κ1) is 34.6. The van der Waals surface area contributed by atoms with Gasteiger partial charge in [-0.15, -0.1) is 0 Å². The summed E-state index contributed by atoms with van der Waals surface area (Å²) >= 11 is 0. The lowest BCUT2D eigenvalue weighted by molar-refractivity contribution is -0.108. The molecule has 1 amide bonds. The van der Waals surface area contributed by atoms with Crippen molar-refractivity contribution < 1.29 is 23.8 Å². The lowest BCUT2D eigenvalue weighted by atomic mass is 9.98. The summed E-state index contributed by atoms with van der Waals surface area (Å²) in [6.45, 7) is 3.83. The largest absolute Gasteiger partial charge is 0.481 e. The number of methoxy groups -OCH3 is 2.